The Morgan fingerprint density at radius 2 is 0.760 bits per heavy atom. The zero-order chi connectivity index (χ0) is 33.3. The molecule has 0 saturated heterocycles. The van der Waals surface area contributed by atoms with Crippen molar-refractivity contribution in [2.45, 2.75) is 0 Å². The van der Waals surface area contributed by atoms with Crippen molar-refractivity contribution < 1.29 is 0 Å². The molecule has 0 saturated carbocycles. The molecule has 0 radical (unpaired) electrons. The molecule has 0 amide bonds. The van der Waals surface area contributed by atoms with Crippen LogP contribution in [0.4, 0.5) is 0 Å². The molecule has 2 heterocycles. The van der Waals surface area contributed by atoms with Gasteiger partial charge in [-0.3, -0.25) is 0 Å². The van der Waals surface area contributed by atoms with Gasteiger partial charge >= 0.3 is 0 Å². The van der Waals surface area contributed by atoms with Crippen LogP contribution in [-0.4, -0.2) is 23.0 Å². The summed E-state index contributed by atoms with van der Waals surface area (Å²) in [5, 5.41) is 8.04. The summed E-state index contributed by atoms with van der Waals surface area (Å²) in [6.07, 6.45) is 0. The molecular formula is C45H31N3SSi. The van der Waals surface area contributed by atoms with Gasteiger partial charge in [0, 0.05) is 36.9 Å². The summed E-state index contributed by atoms with van der Waals surface area (Å²) >= 11 is 1.91. The number of hydrogen-bond acceptors (Lipinski definition) is 4. The monoisotopic (exact) mass is 673 g/mol. The van der Waals surface area contributed by atoms with Crippen LogP contribution >= 0.6 is 11.3 Å². The van der Waals surface area contributed by atoms with Crippen LogP contribution in [0.5, 0.6) is 0 Å². The van der Waals surface area contributed by atoms with Crippen molar-refractivity contribution in [2.75, 3.05) is 0 Å². The molecular weight excluding hydrogens is 643 g/mol. The Balaban J connectivity index is 1.28. The van der Waals surface area contributed by atoms with Gasteiger partial charge in [-0.1, -0.05) is 182 Å². The van der Waals surface area contributed by atoms with Crippen molar-refractivity contribution in [3.8, 4) is 34.2 Å². The quantitative estimate of drug-likeness (QED) is 0.126. The van der Waals surface area contributed by atoms with Gasteiger partial charge < -0.3 is 0 Å². The standard InChI is InChI=1S/C45H31N3SSi/c1-5-16-32(17-6-1)43-46-44(33-18-7-2-8-19-33)48-45(47-43)34-28-30-37(31-29-34)50(35-20-9-3-10-21-35,36-22-11-4-12-23-36)41-27-15-25-39-38-24-13-14-26-40(38)49-42(39)41/h1-31H. The van der Waals surface area contributed by atoms with E-state index in [9.17, 15) is 0 Å². The van der Waals surface area contributed by atoms with E-state index >= 15 is 0 Å². The molecule has 9 aromatic rings. The van der Waals surface area contributed by atoms with Gasteiger partial charge in [-0.05, 0) is 26.8 Å². The van der Waals surface area contributed by atoms with Crippen LogP contribution in [0.15, 0.2) is 188 Å². The first kappa shape index (κ1) is 30.1. The highest BCUT2D eigenvalue weighted by Crippen LogP contribution is 2.34. The van der Waals surface area contributed by atoms with Gasteiger partial charge in [0.25, 0.3) is 0 Å². The first-order chi connectivity index (χ1) is 24.8. The van der Waals surface area contributed by atoms with Crippen molar-refractivity contribution in [1.29, 1.82) is 0 Å². The van der Waals surface area contributed by atoms with Crippen LogP contribution in [-0.2, 0) is 0 Å². The zero-order valence-corrected chi connectivity index (χ0v) is 29.0. The van der Waals surface area contributed by atoms with Crippen molar-refractivity contribution in [3.05, 3.63) is 188 Å². The molecule has 0 aliphatic heterocycles. The Labute approximate surface area is 296 Å². The third-order valence-electron chi connectivity index (χ3n) is 9.50. The van der Waals surface area contributed by atoms with Crippen LogP contribution in [0, 0.1) is 0 Å². The van der Waals surface area contributed by atoms with E-state index in [1.165, 1.54) is 40.9 Å². The summed E-state index contributed by atoms with van der Waals surface area (Å²) < 4.78 is 2.67. The molecule has 7 aromatic carbocycles. The fraction of sp³-hybridized carbons (Fsp3) is 0. The maximum atomic E-state index is 5.02. The van der Waals surface area contributed by atoms with Gasteiger partial charge in [-0.2, -0.15) is 0 Å². The molecule has 5 heteroatoms. The Bertz CT molecular complexity index is 2470. The highest BCUT2D eigenvalue weighted by Gasteiger charge is 2.43. The first-order valence-corrected chi connectivity index (χ1v) is 19.6. The molecule has 0 spiro atoms. The van der Waals surface area contributed by atoms with Gasteiger partial charge in [0.2, 0.25) is 0 Å². The van der Waals surface area contributed by atoms with Gasteiger partial charge in [0.15, 0.2) is 25.5 Å². The SMILES string of the molecule is c1ccc(-c2nc(-c3ccccc3)nc(-c3ccc([Si](c4ccccc4)(c4ccccc4)c4cccc5c4sc4ccccc45)cc3)n2)cc1. The summed E-state index contributed by atoms with van der Waals surface area (Å²) in [5.41, 5.74) is 2.87. The number of benzene rings is 7. The predicted molar refractivity (Wildman–Crippen MR) is 213 cm³/mol. The number of thiophene rings is 1. The zero-order valence-electron chi connectivity index (χ0n) is 27.1. The van der Waals surface area contributed by atoms with Crippen LogP contribution in [0.25, 0.3) is 54.3 Å². The minimum atomic E-state index is -2.82. The van der Waals surface area contributed by atoms with Crippen LogP contribution < -0.4 is 20.7 Å². The number of aromatic nitrogens is 3. The van der Waals surface area contributed by atoms with Gasteiger partial charge in [0.1, 0.15) is 0 Å². The summed E-state index contributed by atoms with van der Waals surface area (Å²) in [6, 6.07) is 67.3. The van der Waals surface area contributed by atoms with E-state index in [-0.39, 0.29) is 0 Å². The normalized spacial score (nSPS) is 11.6. The molecule has 3 nitrogen and oxygen atoms in total. The molecule has 0 unspecified atom stereocenters. The third kappa shape index (κ3) is 5.15. The Hall–Kier alpha value is -6.01. The number of fused-ring (bicyclic) bond motifs is 3. The lowest BCUT2D eigenvalue weighted by molar-refractivity contribution is 1.07. The summed E-state index contributed by atoms with van der Waals surface area (Å²) in [7, 11) is -2.82. The van der Waals surface area contributed by atoms with E-state index in [0.29, 0.717) is 17.5 Å². The minimum absolute atomic E-state index is 0.655. The number of rotatable bonds is 7. The molecule has 0 fully saturated rings. The van der Waals surface area contributed by atoms with E-state index in [0.717, 1.165) is 16.7 Å². The number of nitrogens with zero attached hydrogens (tertiary/aromatic N) is 3. The summed E-state index contributed by atoms with van der Waals surface area (Å²) in [5.74, 6) is 1.97. The van der Waals surface area contributed by atoms with Gasteiger partial charge in [-0.25, -0.2) is 15.0 Å². The fourth-order valence-corrected chi connectivity index (χ4v) is 13.7. The second kappa shape index (κ2) is 12.8. The van der Waals surface area contributed by atoms with E-state index < -0.39 is 8.07 Å². The van der Waals surface area contributed by atoms with Gasteiger partial charge in [-0.15, -0.1) is 11.3 Å². The largest absolute Gasteiger partial charge is 0.208 e. The van der Waals surface area contributed by atoms with Crippen molar-refractivity contribution >= 4 is 60.3 Å². The van der Waals surface area contributed by atoms with Crippen molar-refractivity contribution in [2.24, 2.45) is 0 Å². The Kier molecular flexibility index (Phi) is 7.69. The Morgan fingerprint density at radius 1 is 0.340 bits per heavy atom. The smallest absolute Gasteiger partial charge is 0.181 e. The maximum Gasteiger partial charge on any atom is 0.181 e. The molecule has 236 valence electrons. The molecule has 9 rings (SSSR count). The first-order valence-electron chi connectivity index (χ1n) is 16.8. The van der Waals surface area contributed by atoms with E-state index in [4.69, 9.17) is 15.0 Å². The molecule has 0 atom stereocenters. The van der Waals surface area contributed by atoms with E-state index in [2.05, 4.69) is 127 Å². The highest BCUT2D eigenvalue weighted by molar-refractivity contribution is 7.30. The fourth-order valence-electron chi connectivity index (χ4n) is 7.19. The molecule has 50 heavy (non-hydrogen) atoms. The maximum absolute atomic E-state index is 5.02. The average Bonchev–Trinajstić information content (AvgIpc) is 3.59. The molecule has 0 aliphatic rings. The number of hydrogen-bond donors (Lipinski definition) is 0. The second-order valence-electron chi connectivity index (χ2n) is 12.4. The van der Waals surface area contributed by atoms with Gasteiger partial charge in [0.05, 0.1) is 0 Å². The third-order valence-corrected chi connectivity index (χ3v) is 15.7. The van der Waals surface area contributed by atoms with Crippen LogP contribution in [0.3, 0.4) is 0 Å². The molecule has 0 N–H and O–H groups in total. The lowest BCUT2D eigenvalue weighted by atomic mass is 10.1. The minimum Gasteiger partial charge on any atom is -0.208 e. The van der Waals surface area contributed by atoms with Crippen molar-refractivity contribution in [3.63, 3.8) is 0 Å². The van der Waals surface area contributed by atoms with E-state index in [1.54, 1.807) is 0 Å². The highest BCUT2D eigenvalue weighted by atomic mass is 32.1. The van der Waals surface area contributed by atoms with E-state index in [1.807, 2.05) is 72.0 Å². The topological polar surface area (TPSA) is 38.7 Å². The average molecular weight is 674 g/mol. The molecule has 0 aliphatic carbocycles. The molecule has 0 bridgehead atoms. The lowest BCUT2D eigenvalue weighted by Crippen LogP contribution is -2.74. The van der Waals surface area contributed by atoms with Crippen LogP contribution in [0.1, 0.15) is 0 Å². The lowest BCUT2D eigenvalue weighted by Gasteiger charge is -2.35. The van der Waals surface area contributed by atoms with Crippen LogP contribution in [0.2, 0.25) is 0 Å². The molecule has 2 aromatic heterocycles. The Morgan fingerprint density at radius 3 is 1.30 bits per heavy atom. The summed E-state index contributed by atoms with van der Waals surface area (Å²) in [6.45, 7) is 0. The van der Waals surface area contributed by atoms with Crippen molar-refractivity contribution in [1.82, 2.24) is 15.0 Å². The predicted octanol–water partition coefficient (Wildman–Crippen LogP) is 8.62. The second-order valence-corrected chi connectivity index (χ2v) is 17.2. The summed E-state index contributed by atoms with van der Waals surface area (Å²) in [4.78, 5) is 15.0.